The molecule has 0 saturated carbocycles. The van der Waals surface area contributed by atoms with Crippen molar-refractivity contribution in [2.45, 2.75) is 51.0 Å². The molecule has 0 spiro atoms. The van der Waals surface area contributed by atoms with Crippen LogP contribution in [0.2, 0.25) is 0 Å². The minimum atomic E-state index is -3.75. The molecule has 3 heterocycles. The molecule has 2 aromatic rings. The molecule has 0 radical (unpaired) electrons. The molecule has 4 rings (SSSR count). The third-order valence-electron chi connectivity index (χ3n) is 6.01. The average Bonchev–Trinajstić information content (AvgIpc) is 3.30. The fraction of sp³-hybridized carbons (Fsp3) is 0.476. The van der Waals surface area contributed by atoms with Gasteiger partial charge < -0.3 is 4.74 Å². The second-order valence-corrected chi connectivity index (χ2v) is 9.82. The number of ether oxygens (including phenoxy) is 1. The number of aromatic nitrogens is 2. The van der Waals surface area contributed by atoms with Crippen LogP contribution in [0.4, 0.5) is 5.82 Å². The number of methoxy groups -OCH3 is 1. The zero-order valence-electron chi connectivity index (χ0n) is 17.9. The van der Waals surface area contributed by atoms with Gasteiger partial charge in [-0.1, -0.05) is 0 Å². The molecule has 2 aliphatic rings. The summed E-state index contributed by atoms with van der Waals surface area (Å²) < 4.78 is 34.0. The molecule has 0 unspecified atom stereocenters. The summed E-state index contributed by atoms with van der Waals surface area (Å²) in [6.07, 6.45) is 1.66. The van der Waals surface area contributed by atoms with Crippen molar-refractivity contribution in [1.82, 2.24) is 14.3 Å². The Morgan fingerprint density at radius 1 is 1.13 bits per heavy atom. The van der Waals surface area contributed by atoms with Gasteiger partial charge in [0.25, 0.3) is 0 Å². The lowest BCUT2D eigenvalue weighted by Gasteiger charge is -2.25. The Morgan fingerprint density at radius 3 is 2.57 bits per heavy atom. The van der Waals surface area contributed by atoms with Crippen molar-refractivity contribution in [3.63, 3.8) is 0 Å². The number of aryl methyl sites for hydroxylation is 3. The first kappa shape index (κ1) is 20.7. The van der Waals surface area contributed by atoms with Crippen molar-refractivity contribution in [3.8, 4) is 5.75 Å². The number of benzene rings is 1. The summed E-state index contributed by atoms with van der Waals surface area (Å²) >= 11 is 0. The maximum atomic E-state index is 13.6. The number of hydrogen-bond donors (Lipinski definition) is 0. The molecule has 1 atom stereocenters. The fourth-order valence-electron chi connectivity index (χ4n) is 4.30. The average molecular weight is 431 g/mol. The van der Waals surface area contributed by atoms with Crippen molar-refractivity contribution >= 4 is 21.7 Å². The Kier molecular flexibility index (Phi) is 5.06. The summed E-state index contributed by atoms with van der Waals surface area (Å²) in [6, 6.07) is 2.97. The summed E-state index contributed by atoms with van der Waals surface area (Å²) in [6.45, 7) is 5.86. The quantitative estimate of drug-likeness (QED) is 0.740. The van der Waals surface area contributed by atoms with Crippen LogP contribution < -0.4 is 9.64 Å². The van der Waals surface area contributed by atoms with Gasteiger partial charge in [0.2, 0.25) is 15.9 Å². The maximum absolute atomic E-state index is 13.6. The normalized spacial score (nSPS) is 19.4. The number of rotatable bonds is 4. The lowest BCUT2D eigenvalue weighted by molar-refractivity contribution is -0.117. The molecule has 1 amide bonds. The molecular formula is C21H26N4O4S. The lowest BCUT2D eigenvalue weighted by Crippen LogP contribution is -2.32. The third kappa shape index (κ3) is 3.16. The molecule has 1 aromatic heterocycles. The zero-order chi connectivity index (χ0) is 21.8. The molecule has 0 aliphatic carbocycles. The van der Waals surface area contributed by atoms with E-state index in [9.17, 15) is 13.2 Å². The van der Waals surface area contributed by atoms with Gasteiger partial charge >= 0.3 is 0 Å². The van der Waals surface area contributed by atoms with Gasteiger partial charge in [-0.15, -0.1) is 0 Å². The molecule has 160 valence electrons. The molecule has 9 heteroatoms. The van der Waals surface area contributed by atoms with Crippen molar-refractivity contribution in [2.24, 2.45) is 0 Å². The van der Waals surface area contributed by atoms with Crippen LogP contribution >= 0.6 is 0 Å². The first-order valence-corrected chi connectivity index (χ1v) is 11.4. The predicted octanol–water partition coefficient (Wildman–Crippen LogP) is 2.46. The Hall–Kier alpha value is -2.52. The van der Waals surface area contributed by atoms with Gasteiger partial charge in [0.15, 0.2) is 0 Å². The van der Waals surface area contributed by atoms with Gasteiger partial charge in [-0.25, -0.2) is 18.4 Å². The summed E-state index contributed by atoms with van der Waals surface area (Å²) in [5, 5.41) is 0. The van der Waals surface area contributed by atoms with E-state index in [0.717, 1.165) is 23.2 Å². The highest BCUT2D eigenvalue weighted by atomic mass is 32.2. The van der Waals surface area contributed by atoms with Crippen LogP contribution in [-0.4, -0.2) is 49.3 Å². The largest absolute Gasteiger partial charge is 0.496 e. The number of hydrogen-bond acceptors (Lipinski definition) is 6. The number of carbonyl (C=O) groups excluding carboxylic acids is 1. The van der Waals surface area contributed by atoms with Crippen molar-refractivity contribution < 1.29 is 17.9 Å². The number of anilines is 1. The summed E-state index contributed by atoms with van der Waals surface area (Å²) in [4.78, 5) is 23.1. The molecule has 8 nitrogen and oxygen atoms in total. The van der Waals surface area contributed by atoms with Gasteiger partial charge in [0.1, 0.15) is 17.4 Å². The van der Waals surface area contributed by atoms with E-state index in [1.165, 1.54) is 9.21 Å². The summed E-state index contributed by atoms with van der Waals surface area (Å²) in [5.74, 6) is 1.68. The number of carbonyl (C=O) groups is 1. The van der Waals surface area contributed by atoms with Gasteiger partial charge in [-0.2, -0.15) is 4.31 Å². The van der Waals surface area contributed by atoms with Crippen LogP contribution in [0.15, 0.2) is 17.0 Å². The van der Waals surface area contributed by atoms with Crippen LogP contribution in [0.3, 0.4) is 0 Å². The zero-order valence-corrected chi connectivity index (χ0v) is 18.7. The van der Waals surface area contributed by atoms with Crippen molar-refractivity contribution in [3.05, 3.63) is 40.3 Å². The molecule has 1 fully saturated rings. The maximum Gasteiger partial charge on any atom is 0.244 e. The van der Waals surface area contributed by atoms with E-state index in [2.05, 4.69) is 9.97 Å². The second kappa shape index (κ2) is 7.31. The van der Waals surface area contributed by atoms with Crippen LogP contribution in [0.1, 0.15) is 47.1 Å². The Morgan fingerprint density at radius 2 is 1.87 bits per heavy atom. The standard InChI is InChI=1S/C21H26N4O4S/c1-12-10-18(13(2)9-17(12)29-5)30(27,28)25-8-6-7-16(25)20-22-14(3)15-11-19(26)24(4)21(15)23-20/h9-10,16H,6-8,11H2,1-5H3/t16-/m0/s1. The Labute approximate surface area is 176 Å². The van der Waals surface area contributed by atoms with Crippen molar-refractivity contribution in [2.75, 3.05) is 25.6 Å². The molecule has 0 N–H and O–H groups in total. The van der Waals surface area contributed by atoms with Crippen molar-refractivity contribution in [1.29, 1.82) is 0 Å². The molecular weight excluding hydrogens is 404 g/mol. The van der Waals surface area contributed by atoms with Gasteiger partial charge in [0.05, 0.1) is 24.5 Å². The molecule has 0 bridgehead atoms. The third-order valence-corrected chi connectivity index (χ3v) is 8.06. The SMILES string of the molecule is COc1cc(C)c(S(=O)(=O)N2CCC[C@H]2c2nc(C)c3c(n2)N(C)C(=O)C3)cc1C. The summed E-state index contributed by atoms with van der Waals surface area (Å²) in [7, 11) is -0.485. The van der Waals surface area contributed by atoms with Crippen LogP contribution in [0.25, 0.3) is 0 Å². The highest BCUT2D eigenvalue weighted by molar-refractivity contribution is 7.89. The van der Waals surface area contributed by atoms with Crippen LogP contribution in [0, 0.1) is 20.8 Å². The number of likely N-dealkylation sites (N-methyl/N-ethyl adjacent to an activating group) is 1. The smallest absolute Gasteiger partial charge is 0.244 e. The van der Waals surface area contributed by atoms with Crippen LogP contribution in [0.5, 0.6) is 5.75 Å². The highest BCUT2D eigenvalue weighted by Gasteiger charge is 2.40. The van der Waals surface area contributed by atoms with E-state index in [4.69, 9.17) is 4.74 Å². The Balaban J connectivity index is 1.76. The van der Waals surface area contributed by atoms with Gasteiger partial charge in [0, 0.05) is 24.8 Å². The lowest BCUT2D eigenvalue weighted by atomic mass is 10.1. The molecule has 2 aliphatic heterocycles. The van der Waals surface area contributed by atoms with E-state index >= 15 is 0 Å². The van der Waals surface area contributed by atoms with E-state index in [-0.39, 0.29) is 17.2 Å². The minimum Gasteiger partial charge on any atom is -0.496 e. The monoisotopic (exact) mass is 430 g/mol. The Bertz CT molecular complexity index is 1150. The molecule has 30 heavy (non-hydrogen) atoms. The highest BCUT2D eigenvalue weighted by Crippen LogP contribution is 2.39. The molecule has 1 saturated heterocycles. The topological polar surface area (TPSA) is 92.7 Å². The van der Waals surface area contributed by atoms with Gasteiger partial charge in [-0.3, -0.25) is 9.69 Å². The summed E-state index contributed by atoms with van der Waals surface area (Å²) in [5.41, 5.74) is 2.95. The fourth-order valence-corrected chi connectivity index (χ4v) is 6.25. The number of sulfonamides is 1. The van der Waals surface area contributed by atoms with E-state index in [0.29, 0.717) is 35.9 Å². The first-order valence-electron chi connectivity index (χ1n) is 9.96. The number of nitrogens with zero attached hydrogens (tertiary/aromatic N) is 4. The van der Waals surface area contributed by atoms with E-state index in [1.807, 2.05) is 13.8 Å². The predicted molar refractivity (Wildman–Crippen MR) is 112 cm³/mol. The van der Waals surface area contributed by atoms with Crippen LogP contribution in [-0.2, 0) is 21.2 Å². The second-order valence-electron chi connectivity index (χ2n) is 7.96. The van der Waals surface area contributed by atoms with E-state index in [1.54, 1.807) is 33.2 Å². The number of amides is 1. The van der Waals surface area contributed by atoms with Gasteiger partial charge in [-0.05, 0) is 56.9 Å². The number of fused-ring (bicyclic) bond motifs is 1. The first-order chi connectivity index (χ1) is 14.1. The minimum absolute atomic E-state index is 0.0280. The van der Waals surface area contributed by atoms with E-state index < -0.39 is 16.1 Å². The molecule has 1 aromatic carbocycles.